The van der Waals surface area contributed by atoms with Crippen LogP contribution in [0.5, 0.6) is 0 Å². The van der Waals surface area contributed by atoms with Gasteiger partial charge in [0.05, 0.1) is 27.6 Å². The lowest BCUT2D eigenvalue weighted by Crippen LogP contribution is -2.18. The third-order valence-electron chi connectivity index (χ3n) is 15.1. The van der Waals surface area contributed by atoms with E-state index >= 15 is 0 Å². The van der Waals surface area contributed by atoms with Gasteiger partial charge < -0.3 is 4.98 Å². The Hall–Kier alpha value is -8.02. The maximum absolute atomic E-state index is 9.45. The van der Waals surface area contributed by atoms with Crippen LogP contribution in [0.1, 0.15) is 97.1 Å². The molecule has 0 radical (unpaired) electrons. The summed E-state index contributed by atoms with van der Waals surface area (Å²) in [5.74, 6) is 1.64. The Bertz CT molecular complexity index is 4160. The number of nitrogens with zero attached hydrogens (tertiary/aromatic N) is 4. The zero-order valence-corrected chi connectivity index (χ0v) is 42.7. The number of rotatable bonds is 8. The number of benzene rings is 8. The van der Waals surface area contributed by atoms with Crippen molar-refractivity contribution in [1.29, 1.82) is 0 Å². The van der Waals surface area contributed by atoms with E-state index in [1.54, 1.807) is 0 Å². The number of aromatic amines is 1. The van der Waals surface area contributed by atoms with Crippen LogP contribution in [0.4, 0.5) is 0 Å². The normalized spacial score (nSPS) is 13.2. The van der Waals surface area contributed by atoms with E-state index in [1.807, 2.05) is 54.7 Å². The van der Waals surface area contributed by atoms with Gasteiger partial charge in [-0.1, -0.05) is 177 Å². The van der Waals surface area contributed by atoms with Crippen LogP contribution in [0, 0.1) is 6.92 Å². The van der Waals surface area contributed by atoms with Gasteiger partial charge in [-0.05, 0) is 129 Å². The molecule has 0 aliphatic rings. The molecule has 5 nitrogen and oxygen atoms in total. The van der Waals surface area contributed by atoms with E-state index in [0.717, 1.165) is 72.5 Å². The van der Waals surface area contributed by atoms with Gasteiger partial charge in [0.1, 0.15) is 11.6 Å². The second kappa shape index (κ2) is 16.8. The molecular formula is C67H61N5. The molecule has 0 unspecified atom stereocenters. The van der Waals surface area contributed by atoms with Crippen LogP contribution in [0.15, 0.2) is 188 Å². The fourth-order valence-electron chi connectivity index (χ4n) is 10.9. The first-order valence-electron chi connectivity index (χ1n) is 26.2. The quantitative estimate of drug-likeness (QED) is 0.165. The number of aryl methyl sites for hydroxylation is 1. The lowest BCUT2D eigenvalue weighted by Gasteiger charge is -2.26. The average Bonchev–Trinajstić information content (AvgIpc) is 4.11. The van der Waals surface area contributed by atoms with Crippen molar-refractivity contribution in [2.75, 3.05) is 0 Å². The molecule has 12 rings (SSSR count). The minimum atomic E-state index is -1.74. The van der Waals surface area contributed by atoms with E-state index in [4.69, 9.17) is 9.97 Å². The van der Waals surface area contributed by atoms with Gasteiger partial charge in [0.2, 0.25) is 0 Å². The van der Waals surface area contributed by atoms with E-state index in [-0.39, 0.29) is 16.2 Å². The van der Waals surface area contributed by atoms with E-state index < -0.39 is 6.37 Å². The lowest BCUT2D eigenvalue weighted by atomic mass is 9.78. The predicted octanol–water partition coefficient (Wildman–Crippen LogP) is 17.3. The van der Waals surface area contributed by atoms with E-state index in [1.165, 1.54) is 44.0 Å². The second-order valence-corrected chi connectivity index (χ2v) is 22.2. The minimum absolute atomic E-state index is 0.0179. The summed E-state index contributed by atoms with van der Waals surface area (Å²) in [6.07, 6.45) is 0.203. The zero-order valence-electron chi connectivity index (χ0n) is 44.7. The van der Waals surface area contributed by atoms with Crippen molar-refractivity contribution in [1.82, 2.24) is 24.1 Å². The Morgan fingerprint density at radius 2 is 1.19 bits per heavy atom. The molecular weight excluding hydrogens is 875 g/mol. The monoisotopic (exact) mass is 938 g/mol. The Morgan fingerprint density at radius 1 is 0.514 bits per heavy atom. The van der Waals surface area contributed by atoms with Gasteiger partial charge in [0, 0.05) is 58.2 Å². The molecule has 4 aromatic heterocycles. The van der Waals surface area contributed by atoms with E-state index in [9.17, 15) is 2.74 Å². The number of nitrogens with one attached hydrogen (secondary N) is 1. The molecule has 5 heteroatoms. The molecule has 72 heavy (non-hydrogen) atoms. The first kappa shape index (κ1) is 42.8. The molecule has 0 fully saturated rings. The average molecular weight is 938 g/mol. The van der Waals surface area contributed by atoms with Gasteiger partial charge in [-0.15, -0.1) is 0 Å². The van der Waals surface area contributed by atoms with Crippen molar-refractivity contribution in [2.45, 2.75) is 84.9 Å². The molecule has 0 spiro atoms. The number of aromatic nitrogens is 5. The fourth-order valence-corrected chi connectivity index (χ4v) is 10.9. The summed E-state index contributed by atoms with van der Waals surface area (Å²) in [5.41, 5.74) is 16.8. The topological polar surface area (TPSA) is 51.4 Å². The molecule has 0 saturated heterocycles. The molecule has 0 aliphatic carbocycles. The largest absolute Gasteiger partial charge is 0.354 e. The van der Waals surface area contributed by atoms with Crippen LogP contribution in [0.2, 0.25) is 0 Å². The third-order valence-corrected chi connectivity index (χ3v) is 15.1. The maximum Gasteiger partial charge on any atom is 0.147 e. The van der Waals surface area contributed by atoms with Crippen LogP contribution in [-0.4, -0.2) is 24.1 Å². The number of imidazole rings is 1. The lowest BCUT2D eigenvalue weighted by molar-refractivity contribution is 0.588. The molecule has 4 heterocycles. The first-order valence-corrected chi connectivity index (χ1v) is 25.2. The highest BCUT2D eigenvalue weighted by Gasteiger charge is 2.27. The summed E-state index contributed by atoms with van der Waals surface area (Å²) < 4.78 is 23.5. The Morgan fingerprint density at radius 3 is 1.96 bits per heavy atom. The molecule has 8 aromatic carbocycles. The minimum Gasteiger partial charge on any atom is -0.354 e. The SMILES string of the molecule is [2H]C([2H])(c1ccccc1)c1cccc(-n2c(-c3ccc(C)c4c3[nH]c3ccc(C(C)(C)C)cc34)nc3c(-c4ccc5c6ccc(C(C)(C)c7ccccc7)cc6n(-c6cc(C(C)(C)C)ccn6)c5c4)cccc32)c1. The highest BCUT2D eigenvalue weighted by atomic mass is 15.1. The van der Waals surface area contributed by atoms with Gasteiger partial charge >= 0.3 is 0 Å². The standard InChI is InChI=1S/C67H61N5/c1-42-26-30-54(63-61(42)55-39-47(65(2,3)4)29-33-56(55)69-63)64-70-62-51(24-17-25-57(62)71(64)50-23-16-20-44(37-50)36-43-18-12-10-13-19-43)45-27-31-52-53-32-28-49(67(8,9)46-21-14-11-15-22-46)40-59(53)72(58(52)38-45)60-41-48(34-35-68-60)66(5,6)7/h10-35,37-41,69H,36H2,1-9H3/i36D2. The summed E-state index contributed by atoms with van der Waals surface area (Å²) >= 11 is 0. The molecule has 1 N–H and O–H groups in total. The summed E-state index contributed by atoms with van der Waals surface area (Å²) in [4.78, 5) is 14.7. The Balaban J connectivity index is 1.11. The molecule has 12 aromatic rings. The van der Waals surface area contributed by atoms with E-state index in [0.29, 0.717) is 11.1 Å². The predicted molar refractivity (Wildman–Crippen MR) is 303 cm³/mol. The van der Waals surface area contributed by atoms with Gasteiger partial charge in [-0.25, -0.2) is 9.97 Å². The summed E-state index contributed by atoms with van der Waals surface area (Å²) in [7, 11) is 0. The van der Waals surface area contributed by atoms with Gasteiger partial charge in [0.25, 0.3) is 0 Å². The zero-order chi connectivity index (χ0) is 51.5. The number of hydrogen-bond donors (Lipinski definition) is 1. The van der Waals surface area contributed by atoms with Crippen LogP contribution in [-0.2, 0) is 22.6 Å². The number of H-pyrrole nitrogens is 1. The molecule has 0 atom stereocenters. The van der Waals surface area contributed by atoms with Crippen molar-refractivity contribution in [2.24, 2.45) is 0 Å². The van der Waals surface area contributed by atoms with Crippen LogP contribution in [0.3, 0.4) is 0 Å². The molecule has 0 aliphatic heterocycles. The first-order chi connectivity index (χ1) is 35.4. The highest BCUT2D eigenvalue weighted by Crippen LogP contribution is 2.43. The van der Waals surface area contributed by atoms with Crippen LogP contribution >= 0.6 is 0 Å². The second-order valence-electron chi connectivity index (χ2n) is 22.2. The van der Waals surface area contributed by atoms with Crippen molar-refractivity contribution < 1.29 is 2.74 Å². The molecule has 354 valence electrons. The Kier molecular flexibility index (Phi) is 10.00. The molecule has 0 amide bonds. The summed E-state index contributed by atoms with van der Waals surface area (Å²) in [5, 5.41) is 4.68. The van der Waals surface area contributed by atoms with Crippen LogP contribution < -0.4 is 0 Å². The van der Waals surface area contributed by atoms with Crippen molar-refractivity contribution in [3.8, 4) is 34.0 Å². The van der Waals surface area contributed by atoms with Crippen molar-refractivity contribution in [3.63, 3.8) is 0 Å². The highest BCUT2D eigenvalue weighted by molar-refractivity contribution is 6.14. The molecule has 0 saturated carbocycles. The number of hydrogen-bond acceptors (Lipinski definition) is 2. The maximum atomic E-state index is 9.45. The summed E-state index contributed by atoms with van der Waals surface area (Å²) in [6, 6.07) is 63.9. The number of pyridine rings is 1. The van der Waals surface area contributed by atoms with Gasteiger partial charge in [0.15, 0.2) is 0 Å². The smallest absolute Gasteiger partial charge is 0.147 e. The van der Waals surface area contributed by atoms with Crippen molar-refractivity contribution >= 4 is 54.6 Å². The number of para-hydroxylation sites is 1. The van der Waals surface area contributed by atoms with E-state index in [2.05, 4.69) is 210 Å². The fraction of sp³-hybridized carbons (Fsp3) is 0.194. The van der Waals surface area contributed by atoms with Gasteiger partial charge in [-0.3, -0.25) is 9.13 Å². The van der Waals surface area contributed by atoms with Gasteiger partial charge in [-0.2, -0.15) is 0 Å². The van der Waals surface area contributed by atoms with Crippen molar-refractivity contribution in [3.05, 3.63) is 227 Å². The van der Waals surface area contributed by atoms with Crippen LogP contribution in [0.25, 0.3) is 88.7 Å². The number of fused-ring (bicyclic) bond motifs is 7. The molecule has 0 bridgehead atoms. The third kappa shape index (κ3) is 7.61. The Labute approximate surface area is 425 Å². The summed E-state index contributed by atoms with van der Waals surface area (Å²) in [6.45, 7) is 20.3.